The average molecular weight is 509 g/mol. The second-order valence-corrected chi connectivity index (χ2v) is 10.8. The number of nitrogens with one attached hydrogen (secondary N) is 1. The number of nitrogens with zero attached hydrogens (tertiary/aromatic N) is 1. The molecule has 0 radical (unpaired) electrons. The van der Waals surface area contributed by atoms with Gasteiger partial charge in [-0.1, -0.05) is 47.5 Å². The second kappa shape index (κ2) is 11.1. The van der Waals surface area contributed by atoms with Gasteiger partial charge in [-0.3, -0.25) is 9.10 Å². The lowest BCUT2D eigenvalue weighted by atomic mass is 10.2. The van der Waals surface area contributed by atoms with E-state index in [0.29, 0.717) is 33.6 Å². The molecule has 0 bridgehead atoms. The number of hydrogen-bond acceptors (Lipinski definition) is 4. The van der Waals surface area contributed by atoms with E-state index in [0.717, 1.165) is 9.20 Å². The SMILES string of the molecule is Cc1ccc(Cl)cc1N(CC(=O)NCCSc1ccc(Cl)cc1)S(=O)(=O)c1ccccc1. The molecule has 0 saturated heterocycles. The summed E-state index contributed by atoms with van der Waals surface area (Å²) in [5.74, 6) is 0.232. The van der Waals surface area contributed by atoms with Crippen LogP contribution in [0.4, 0.5) is 5.69 Å². The lowest BCUT2D eigenvalue weighted by Crippen LogP contribution is -2.41. The van der Waals surface area contributed by atoms with E-state index in [2.05, 4.69) is 5.32 Å². The van der Waals surface area contributed by atoms with Crippen LogP contribution in [0.25, 0.3) is 0 Å². The number of carbonyl (C=O) groups excluding carboxylic acids is 1. The largest absolute Gasteiger partial charge is 0.354 e. The van der Waals surface area contributed by atoms with Crippen molar-refractivity contribution < 1.29 is 13.2 Å². The molecule has 0 aliphatic rings. The summed E-state index contributed by atoms with van der Waals surface area (Å²) in [5, 5.41) is 3.85. The Balaban J connectivity index is 1.73. The maximum absolute atomic E-state index is 13.4. The zero-order valence-electron chi connectivity index (χ0n) is 17.3. The molecule has 3 aromatic rings. The third-order valence-electron chi connectivity index (χ3n) is 4.56. The number of carbonyl (C=O) groups is 1. The van der Waals surface area contributed by atoms with Crippen molar-refractivity contribution in [2.75, 3.05) is 23.1 Å². The molecule has 1 amide bonds. The molecule has 0 spiro atoms. The first kappa shape index (κ1) is 24.5. The fourth-order valence-electron chi connectivity index (χ4n) is 2.95. The molecule has 0 aliphatic carbocycles. The van der Waals surface area contributed by atoms with Crippen LogP contribution in [0.1, 0.15) is 5.56 Å². The fourth-order valence-corrected chi connectivity index (χ4v) is 5.51. The summed E-state index contributed by atoms with van der Waals surface area (Å²) < 4.78 is 27.8. The Morgan fingerprint density at radius 2 is 1.62 bits per heavy atom. The normalized spacial score (nSPS) is 11.2. The summed E-state index contributed by atoms with van der Waals surface area (Å²) in [7, 11) is -3.97. The molecule has 0 aromatic heterocycles. The Bertz CT molecular complexity index is 1170. The van der Waals surface area contributed by atoms with Gasteiger partial charge in [-0.05, 0) is 61.0 Å². The van der Waals surface area contributed by atoms with Gasteiger partial charge in [0.1, 0.15) is 6.54 Å². The molecule has 5 nitrogen and oxygen atoms in total. The maximum atomic E-state index is 13.4. The van der Waals surface area contributed by atoms with E-state index in [1.165, 1.54) is 12.1 Å². The smallest absolute Gasteiger partial charge is 0.264 e. The molecule has 32 heavy (non-hydrogen) atoms. The third-order valence-corrected chi connectivity index (χ3v) is 7.84. The van der Waals surface area contributed by atoms with E-state index in [4.69, 9.17) is 23.2 Å². The van der Waals surface area contributed by atoms with Gasteiger partial charge in [-0.15, -0.1) is 11.8 Å². The highest BCUT2D eigenvalue weighted by atomic mass is 35.5. The lowest BCUT2D eigenvalue weighted by Gasteiger charge is -2.25. The van der Waals surface area contributed by atoms with E-state index in [1.807, 2.05) is 24.3 Å². The Labute approximate surface area is 202 Å². The molecule has 3 rings (SSSR count). The molecule has 0 atom stereocenters. The highest BCUT2D eigenvalue weighted by Crippen LogP contribution is 2.29. The van der Waals surface area contributed by atoms with Gasteiger partial charge in [-0.2, -0.15) is 0 Å². The minimum absolute atomic E-state index is 0.102. The van der Waals surface area contributed by atoms with Gasteiger partial charge >= 0.3 is 0 Å². The van der Waals surface area contributed by atoms with Crippen molar-refractivity contribution in [3.63, 3.8) is 0 Å². The first-order valence-corrected chi connectivity index (χ1v) is 12.9. The van der Waals surface area contributed by atoms with Crippen LogP contribution in [0.15, 0.2) is 82.6 Å². The summed E-state index contributed by atoms with van der Waals surface area (Å²) >= 11 is 13.6. The van der Waals surface area contributed by atoms with Gasteiger partial charge < -0.3 is 5.32 Å². The van der Waals surface area contributed by atoms with Gasteiger partial charge in [0.15, 0.2) is 0 Å². The highest BCUT2D eigenvalue weighted by molar-refractivity contribution is 7.99. The Morgan fingerprint density at radius 3 is 2.31 bits per heavy atom. The van der Waals surface area contributed by atoms with Crippen LogP contribution in [0.2, 0.25) is 10.0 Å². The molecular weight excluding hydrogens is 487 g/mol. The van der Waals surface area contributed by atoms with Crippen LogP contribution in [-0.4, -0.2) is 33.2 Å². The van der Waals surface area contributed by atoms with Crippen LogP contribution < -0.4 is 9.62 Å². The highest BCUT2D eigenvalue weighted by Gasteiger charge is 2.28. The topological polar surface area (TPSA) is 66.5 Å². The van der Waals surface area contributed by atoms with Crippen LogP contribution in [0.5, 0.6) is 0 Å². The number of halogens is 2. The number of amides is 1. The quantitative estimate of drug-likeness (QED) is 0.310. The average Bonchev–Trinajstić information content (AvgIpc) is 2.78. The maximum Gasteiger partial charge on any atom is 0.264 e. The molecular formula is C23H22Cl2N2O3S2. The number of sulfonamides is 1. The van der Waals surface area contributed by atoms with Crippen molar-refractivity contribution in [1.29, 1.82) is 0 Å². The number of hydrogen-bond donors (Lipinski definition) is 1. The number of rotatable bonds is 9. The van der Waals surface area contributed by atoms with Gasteiger partial charge in [0.05, 0.1) is 10.6 Å². The molecule has 0 aliphatic heterocycles. The van der Waals surface area contributed by atoms with Crippen LogP contribution >= 0.6 is 35.0 Å². The Kier molecular flexibility index (Phi) is 8.48. The number of thioether (sulfide) groups is 1. The second-order valence-electron chi connectivity index (χ2n) is 6.91. The van der Waals surface area contributed by atoms with Crippen molar-refractivity contribution in [2.45, 2.75) is 16.7 Å². The molecule has 0 fully saturated rings. The molecule has 1 N–H and O–H groups in total. The zero-order chi connectivity index (χ0) is 23.1. The zero-order valence-corrected chi connectivity index (χ0v) is 20.4. The first-order chi connectivity index (χ1) is 15.3. The fraction of sp³-hybridized carbons (Fsp3) is 0.174. The minimum atomic E-state index is -3.97. The van der Waals surface area contributed by atoms with Crippen molar-refractivity contribution in [1.82, 2.24) is 5.32 Å². The van der Waals surface area contributed by atoms with Crippen molar-refractivity contribution >= 4 is 56.6 Å². The standard InChI is InChI=1S/C23H22Cl2N2O3S2/c1-17-7-8-19(25)15-22(17)27(32(29,30)21-5-3-2-4-6-21)16-23(28)26-13-14-31-20-11-9-18(24)10-12-20/h2-12,15H,13-14,16H2,1H3,(H,26,28). The first-order valence-electron chi connectivity index (χ1n) is 9.76. The molecule has 3 aromatic carbocycles. The van der Waals surface area contributed by atoms with Gasteiger partial charge in [0.25, 0.3) is 10.0 Å². The van der Waals surface area contributed by atoms with Crippen LogP contribution in [0, 0.1) is 6.92 Å². The molecule has 0 heterocycles. The van der Waals surface area contributed by atoms with E-state index in [9.17, 15) is 13.2 Å². The monoisotopic (exact) mass is 508 g/mol. The van der Waals surface area contributed by atoms with Crippen LogP contribution in [-0.2, 0) is 14.8 Å². The summed E-state index contributed by atoms with van der Waals surface area (Å²) in [5.41, 5.74) is 1.06. The van der Waals surface area contributed by atoms with E-state index < -0.39 is 15.9 Å². The third kappa shape index (κ3) is 6.42. The van der Waals surface area contributed by atoms with Gasteiger partial charge in [0, 0.05) is 27.2 Å². The number of anilines is 1. The van der Waals surface area contributed by atoms with Crippen LogP contribution in [0.3, 0.4) is 0 Å². The minimum Gasteiger partial charge on any atom is -0.354 e. The van der Waals surface area contributed by atoms with E-state index >= 15 is 0 Å². The van der Waals surface area contributed by atoms with Gasteiger partial charge in [0.2, 0.25) is 5.91 Å². The summed E-state index contributed by atoms with van der Waals surface area (Å²) in [6.45, 7) is 1.81. The van der Waals surface area contributed by atoms with Gasteiger partial charge in [-0.25, -0.2) is 8.42 Å². The van der Waals surface area contributed by atoms with Crippen molar-refractivity contribution in [3.8, 4) is 0 Å². The molecule has 168 valence electrons. The van der Waals surface area contributed by atoms with E-state index in [-0.39, 0.29) is 11.4 Å². The molecule has 0 saturated carbocycles. The predicted molar refractivity (Wildman–Crippen MR) is 132 cm³/mol. The van der Waals surface area contributed by atoms with Crippen molar-refractivity contribution in [3.05, 3.63) is 88.4 Å². The summed E-state index contributed by atoms with van der Waals surface area (Å²) in [4.78, 5) is 13.8. The Morgan fingerprint density at radius 1 is 0.969 bits per heavy atom. The molecule has 0 unspecified atom stereocenters. The van der Waals surface area contributed by atoms with Crippen molar-refractivity contribution in [2.24, 2.45) is 0 Å². The number of benzene rings is 3. The summed E-state index contributed by atoms with van der Waals surface area (Å²) in [6.07, 6.45) is 0. The lowest BCUT2D eigenvalue weighted by molar-refractivity contribution is -0.119. The molecule has 9 heteroatoms. The summed E-state index contributed by atoms with van der Waals surface area (Å²) in [6, 6.07) is 20.4. The number of aryl methyl sites for hydroxylation is 1. The Hall–Kier alpha value is -2.19. The van der Waals surface area contributed by atoms with E-state index in [1.54, 1.807) is 55.1 Å². The predicted octanol–water partition coefficient (Wildman–Crippen LogP) is 5.41.